The lowest BCUT2D eigenvalue weighted by Crippen LogP contribution is -2.05. The summed E-state index contributed by atoms with van der Waals surface area (Å²) in [4.78, 5) is 0. The lowest BCUT2D eigenvalue weighted by atomic mass is 9.96. The van der Waals surface area contributed by atoms with Crippen LogP contribution in [0, 0.1) is 29.6 Å². The Morgan fingerprint density at radius 1 is 0.232 bits per heavy atom. The van der Waals surface area contributed by atoms with Crippen molar-refractivity contribution in [2.45, 2.75) is 6.92 Å². The van der Waals surface area contributed by atoms with E-state index in [1.165, 1.54) is 43.1 Å². The van der Waals surface area contributed by atoms with Gasteiger partial charge in [0.1, 0.15) is 6.07 Å². The van der Waals surface area contributed by atoms with Crippen molar-refractivity contribution >= 4 is 131 Å². The van der Waals surface area contributed by atoms with Gasteiger partial charge in [0.05, 0.1) is 94.8 Å². The third-order valence-corrected chi connectivity index (χ3v) is 20.1. The Kier molecular flexibility index (Phi) is 11.0. The first-order valence-electron chi connectivity index (χ1n) is 32.2. The van der Waals surface area contributed by atoms with E-state index in [-0.39, 0.29) is 0 Å². The Morgan fingerprint density at radius 3 is 0.789 bits per heavy atom. The van der Waals surface area contributed by atoms with Crippen LogP contribution in [-0.2, 0) is 0 Å². The number of nitriles is 2. The van der Waals surface area contributed by atoms with Crippen LogP contribution in [0.5, 0.6) is 0 Å². The first kappa shape index (κ1) is 52.6. The predicted molar refractivity (Wildman–Crippen MR) is 392 cm³/mol. The molecular weight excluding hydrogens is 1160 g/mol. The highest BCUT2D eigenvalue weighted by atomic mass is 15.1. The molecule has 14 aromatic carbocycles. The Balaban J connectivity index is 0.922. The zero-order valence-corrected chi connectivity index (χ0v) is 51.4. The summed E-state index contributed by atoms with van der Waals surface area (Å²) < 4.78 is 14.2. The highest BCUT2D eigenvalue weighted by Gasteiger charge is 2.26. The molecule has 8 nitrogen and oxygen atoms in total. The molecule has 0 spiro atoms. The van der Waals surface area contributed by atoms with Gasteiger partial charge in [0.2, 0.25) is 0 Å². The summed E-state index contributed by atoms with van der Waals surface area (Å²) in [5.41, 5.74) is 21.9. The number of rotatable bonds is 7. The molecule has 6 heterocycles. The van der Waals surface area contributed by atoms with Gasteiger partial charge in [0, 0.05) is 92.9 Å². The minimum Gasteiger partial charge on any atom is -0.309 e. The molecule has 0 aliphatic rings. The van der Waals surface area contributed by atoms with E-state index in [1.807, 2.05) is 12.1 Å². The van der Waals surface area contributed by atoms with Gasteiger partial charge in [0.25, 0.3) is 0 Å². The lowest BCUT2D eigenvalue weighted by molar-refractivity contribution is 1.12. The molecule has 0 unspecified atom stereocenters. The Bertz CT molecular complexity index is 6280. The van der Waals surface area contributed by atoms with Gasteiger partial charge >= 0.3 is 0 Å². The Morgan fingerprint density at radius 2 is 0.505 bits per heavy atom. The second kappa shape index (κ2) is 19.9. The zero-order valence-electron chi connectivity index (χ0n) is 51.4. The highest BCUT2D eigenvalue weighted by molar-refractivity contribution is 6.17. The van der Waals surface area contributed by atoms with E-state index in [0.29, 0.717) is 16.8 Å². The monoisotopic (exact) mass is 1210 g/mol. The number of fused-ring (bicyclic) bond motifs is 18. The lowest BCUT2D eigenvalue weighted by Gasteiger charge is -2.20. The van der Waals surface area contributed by atoms with E-state index in [2.05, 4.69) is 332 Å². The number of hydrogen-bond donors (Lipinski definition) is 0. The molecule has 20 aromatic rings. The summed E-state index contributed by atoms with van der Waals surface area (Å²) in [6.07, 6.45) is 0. The number of aromatic nitrogens is 6. The fourth-order valence-electron chi connectivity index (χ4n) is 16.1. The molecular formula is C87H52N8. The van der Waals surface area contributed by atoms with E-state index in [1.54, 1.807) is 0 Å². The van der Waals surface area contributed by atoms with Gasteiger partial charge < -0.3 is 27.4 Å². The maximum absolute atomic E-state index is 12.3. The van der Waals surface area contributed by atoms with Crippen LogP contribution in [0.2, 0.25) is 0 Å². The first-order chi connectivity index (χ1) is 47.0. The molecule has 0 N–H and O–H groups in total. The van der Waals surface area contributed by atoms with Crippen molar-refractivity contribution in [3.63, 3.8) is 0 Å². The second-order valence-corrected chi connectivity index (χ2v) is 25.2. The number of para-hydroxylation sites is 8. The molecule has 20 rings (SSSR count). The fraction of sp³-hybridized carbons (Fsp3) is 0.0115. The van der Waals surface area contributed by atoms with Gasteiger partial charge in [0.15, 0.2) is 0 Å². The van der Waals surface area contributed by atoms with Crippen LogP contribution in [0.4, 0.5) is 0 Å². The van der Waals surface area contributed by atoms with Gasteiger partial charge in [-0.05, 0) is 139 Å². The Hall–Kier alpha value is -13.1. The SMILES string of the molecule is Cc1cc(C#N)cc(-c2cc(-n3c4cc(-n5c6ccccc6c6ccccc65)ccc4c4ccc(-n5c6ccccc6c6ccccc65)cc43)c(C#N)cc2-n2c3cc(-n4c5ccccc5c5ccccc54)ccc3c3ccc(-n4c5ccccc5c5ccccc54)cc32)c1. The third kappa shape index (κ3) is 7.50. The zero-order chi connectivity index (χ0) is 62.7. The van der Waals surface area contributed by atoms with Crippen molar-refractivity contribution < 1.29 is 0 Å². The molecule has 0 saturated heterocycles. The van der Waals surface area contributed by atoms with Gasteiger partial charge in [-0.1, -0.05) is 176 Å². The minimum atomic E-state index is 0.479. The molecule has 0 fully saturated rings. The van der Waals surface area contributed by atoms with Crippen molar-refractivity contribution in [1.82, 2.24) is 27.4 Å². The second-order valence-electron chi connectivity index (χ2n) is 25.2. The van der Waals surface area contributed by atoms with E-state index >= 15 is 0 Å². The molecule has 0 saturated carbocycles. The van der Waals surface area contributed by atoms with Crippen LogP contribution in [-0.4, -0.2) is 27.4 Å². The van der Waals surface area contributed by atoms with Crippen molar-refractivity contribution in [3.8, 4) is 57.4 Å². The quantitative estimate of drug-likeness (QED) is 0.159. The molecule has 95 heavy (non-hydrogen) atoms. The fourth-order valence-corrected chi connectivity index (χ4v) is 16.1. The van der Waals surface area contributed by atoms with Crippen LogP contribution in [0.25, 0.3) is 176 Å². The summed E-state index contributed by atoms with van der Waals surface area (Å²) in [6.45, 7) is 2.06. The first-order valence-corrected chi connectivity index (χ1v) is 32.2. The molecule has 0 amide bonds. The summed E-state index contributed by atoms with van der Waals surface area (Å²) >= 11 is 0. The average molecular weight is 1210 g/mol. The number of benzene rings is 14. The summed E-state index contributed by atoms with van der Waals surface area (Å²) in [5.74, 6) is 0. The smallest absolute Gasteiger partial charge is 0.101 e. The third-order valence-electron chi connectivity index (χ3n) is 20.1. The minimum absolute atomic E-state index is 0.479. The largest absolute Gasteiger partial charge is 0.309 e. The summed E-state index contributed by atoms with van der Waals surface area (Å²) in [5, 5.41) is 36.8. The van der Waals surface area contributed by atoms with Crippen LogP contribution in [0.3, 0.4) is 0 Å². The molecule has 0 atom stereocenters. The van der Waals surface area contributed by atoms with E-state index < -0.39 is 0 Å². The topological polar surface area (TPSA) is 77.2 Å². The van der Waals surface area contributed by atoms with Crippen LogP contribution < -0.4 is 0 Å². The van der Waals surface area contributed by atoms with Crippen molar-refractivity contribution in [2.24, 2.45) is 0 Å². The summed E-state index contributed by atoms with van der Waals surface area (Å²) in [6, 6.07) is 112. The predicted octanol–water partition coefficient (Wildman–Crippen LogP) is 22.0. The van der Waals surface area contributed by atoms with Gasteiger partial charge in [-0.25, -0.2) is 0 Å². The molecule has 6 aromatic heterocycles. The molecule has 0 radical (unpaired) electrons. The molecule has 0 bridgehead atoms. The highest BCUT2D eigenvalue weighted by Crippen LogP contribution is 2.46. The van der Waals surface area contributed by atoms with Crippen LogP contribution >= 0.6 is 0 Å². The van der Waals surface area contributed by atoms with Gasteiger partial charge in [-0.2, -0.15) is 10.5 Å². The number of hydrogen-bond acceptors (Lipinski definition) is 2. The van der Waals surface area contributed by atoms with E-state index in [4.69, 9.17) is 0 Å². The van der Waals surface area contributed by atoms with E-state index in [0.717, 1.165) is 133 Å². The summed E-state index contributed by atoms with van der Waals surface area (Å²) in [7, 11) is 0. The molecule has 0 aliphatic heterocycles. The van der Waals surface area contributed by atoms with Crippen molar-refractivity contribution in [1.29, 1.82) is 10.5 Å². The maximum Gasteiger partial charge on any atom is 0.101 e. The normalized spacial score (nSPS) is 12.0. The molecule has 0 aliphatic carbocycles. The van der Waals surface area contributed by atoms with Gasteiger partial charge in [-0.15, -0.1) is 0 Å². The number of aryl methyl sites for hydroxylation is 1. The molecule has 8 heteroatoms. The van der Waals surface area contributed by atoms with E-state index in [9.17, 15) is 10.5 Å². The van der Waals surface area contributed by atoms with Crippen molar-refractivity contribution in [2.75, 3.05) is 0 Å². The Labute approximate surface area is 543 Å². The van der Waals surface area contributed by atoms with Crippen LogP contribution in [0.15, 0.2) is 297 Å². The maximum atomic E-state index is 12.3. The van der Waals surface area contributed by atoms with Gasteiger partial charge in [-0.3, -0.25) is 0 Å². The average Bonchev–Trinajstić information content (AvgIpc) is 1.58. The molecule has 440 valence electrons. The number of nitrogens with zero attached hydrogens (tertiary/aromatic N) is 8. The standard InChI is InChI=1S/C87H52N8/c1-53-42-54(51-88)44-55(43-53)73-50-82(94-84-46-57(90-74-26-10-2-18-61(74)62-19-3-11-27-75(62)90)34-38-69(84)70-39-35-58(47-85(70)94)91-76-28-12-4-20-63(76)64-21-5-13-29-77(64)91)56(52-89)45-83(73)95-86-48-59(92-78-30-14-6-22-65(78)66-23-7-15-31-79(66)92)36-40-71(86)72-41-37-60(49-87(72)95)93-80-32-16-8-24-67(80)68-25-9-17-33-81(68)93/h2-50H,1H3. The van der Waals surface area contributed by atoms with Crippen molar-refractivity contribution in [3.05, 3.63) is 314 Å². The van der Waals surface area contributed by atoms with Crippen LogP contribution in [0.1, 0.15) is 16.7 Å².